The molecule has 3 rings (SSSR count). The van der Waals surface area contributed by atoms with Gasteiger partial charge in [0.15, 0.2) is 5.82 Å². The first-order chi connectivity index (χ1) is 9.19. The number of hydrogen-bond donors (Lipinski definition) is 0. The van der Waals surface area contributed by atoms with Crippen LogP contribution in [0.1, 0.15) is 5.82 Å². The van der Waals surface area contributed by atoms with Gasteiger partial charge in [-0.05, 0) is 47.0 Å². The Morgan fingerprint density at radius 3 is 3.05 bits per heavy atom. The fraction of sp³-hybridized carbons (Fsp3) is 0.182. The van der Waals surface area contributed by atoms with Gasteiger partial charge in [-0.25, -0.2) is 0 Å². The number of hydrogen-bond acceptors (Lipinski definition) is 5. The van der Waals surface area contributed by atoms with Crippen LogP contribution in [0.5, 0.6) is 0 Å². The summed E-state index contributed by atoms with van der Waals surface area (Å²) in [4.78, 5) is 0.800. The zero-order valence-corrected chi connectivity index (χ0v) is 14.3. The number of benzene rings is 1. The van der Waals surface area contributed by atoms with Gasteiger partial charge in [-0.1, -0.05) is 22.9 Å². The first-order valence-corrected chi connectivity index (χ1v) is 9.01. The lowest BCUT2D eigenvalue weighted by Crippen LogP contribution is -1.93. The van der Waals surface area contributed by atoms with Crippen molar-refractivity contribution in [2.45, 2.75) is 5.75 Å². The molecule has 0 aliphatic carbocycles. The van der Waals surface area contributed by atoms with Gasteiger partial charge in [0, 0.05) is 9.13 Å². The Labute approximate surface area is 136 Å². The maximum atomic E-state index is 6.24. The van der Waals surface area contributed by atoms with Gasteiger partial charge >= 0.3 is 0 Å². The van der Waals surface area contributed by atoms with E-state index < -0.39 is 0 Å². The lowest BCUT2D eigenvalue weighted by atomic mass is 10.2. The Hall–Kier alpha value is -0.380. The molecule has 1 aromatic carbocycles. The Kier molecular flexibility index (Phi) is 3.97. The number of nitrogens with zero attached hydrogens (tertiary/aromatic N) is 4. The Morgan fingerprint density at radius 2 is 2.26 bits per heavy atom. The molecule has 0 saturated heterocycles. The largest absolute Gasteiger partial charge is 0.235 e. The molecule has 0 aliphatic rings. The second kappa shape index (κ2) is 5.55. The van der Waals surface area contributed by atoms with E-state index in [0.29, 0.717) is 5.02 Å². The van der Waals surface area contributed by atoms with Crippen molar-refractivity contribution in [3.63, 3.8) is 0 Å². The minimum Gasteiger partial charge on any atom is -0.186 e. The molecule has 0 fully saturated rings. The SMILES string of the molecule is CSCc1nnc2sc(-c3cc(I)ccc3Cl)nn12. The summed E-state index contributed by atoms with van der Waals surface area (Å²) in [6.07, 6.45) is 2.03. The molecule has 3 aromatic rings. The predicted octanol–water partition coefficient (Wildman–Crippen LogP) is 3.97. The average Bonchev–Trinajstić information content (AvgIpc) is 2.95. The molecule has 0 N–H and O–H groups in total. The van der Waals surface area contributed by atoms with E-state index in [0.717, 1.165) is 30.7 Å². The third kappa shape index (κ3) is 2.61. The van der Waals surface area contributed by atoms with Crippen molar-refractivity contribution in [1.82, 2.24) is 19.8 Å². The zero-order valence-electron chi connectivity index (χ0n) is 9.80. The van der Waals surface area contributed by atoms with Crippen molar-refractivity contribution in [3.05, 3.63) is 32.6 Å². The molecule has 0 radical (unpaired) electrons. The number of rotatable bonds is 3. The first-order valence-electron chi connectivity index (χ1n) is 5.34. The lowest BCUT2D eigenvalue weighted by molar-refractivity contribution is 0.888. The Balaban J connectivity index is 2.12. The van der Waals surface area contributed by atoms with E-state index in [1.54, 1.807) is 16.3 Å². The van der Waals surface area contributed by atoms with Crippen LogP contribution in [0.25, 0.3) is 15.5 Å². The van der Waals surface area contributed by atoms with E-state index in [9.17, 15) is 0 Å². The summed E-state index contributed by atoms with van der Waals surface area (Å²) < 4.78 is 2.93. The molecule has 8 heteroatoms. The molecule has 0 atom stereocenters. The van der Waals surface area contributed by atoms with Gasteiger partial charge in [0.2, 0.25) is 4.96 Å². The van der Waals surface area contributed by atoms with E-state index in [4.69, 9.17) is 11.6 Å². The second-order valence-electron chi connectivity index (χ2n) is 3.78. The standard InChI is InChI=1S/C11H8ClIN4S2/c1-18-5-9-14-15-11-17(9)16-10(19-11)7-4-6(13)2-3-8(7)12/h2-4H,5H2,1H3. The van der Waals surface area contributed by atoms with Gasteiger partial charge in [0.25, 0.3) is 0 Å². The summed E-state index contributed by atoms with van der Waals surface area (Å²) in [6, 6.07) is 5.90. The normalized spacial score (nSPS) is 11.3. The average molecular weight is 423 g/mol. The van der Waals surface area contributed by atoms with Gasteiger partial charge < -0.3 is 0 Å². The molecule has 0 spiro atoms. The minimum atomic E-state index is 0.705. The van der Waals surface area contributed by atoms with Crippen molar-refractivity contribution in [3.8, 4) is 10.6 Å². The maximum absolute atomic E-state index is 6.24. The highest BCUT2D eigenvalue weighted by Gasteiger charge is 2.14. The van der Waals surface area contributed by atoms with Crippen LogP contribution in [0, 0.1) is 3.57 Å². The smallest absolute Gasteiger partial charge is 0.186 e. The molecular weight excluding hydrogens is 415 g/mol. The van der Waals surface area contributed by atoms with Gasteiger partial charge in [0.05, 0.1) is 10.8 Å². The highest BCUT2D eigenvalue weighted by molar-refractivity contribution is 14.1. The molecule has 98 valence electrons. The highest BCUT2D eigenvalue weighted by atomic mass is 127. The van der Waals surface area contributed by atoms with Crippen molar-refractivity contribution in [2.24, 2.45) is 0 Å². The van der Waals surface area contributed by atoms with E-state index >= 15 is 0 Å². The Morgan fingerprint density at radius 1 is 1.42 bits per heavy atom. The van der Waals surface area contributed by atoms with Gasteiger partial charge in [-0.3, -0.25) is 0 Å². The van der Waals surface area contributed by atoms with Crippen molar-refractivity contribution < 1.29 is 0 Å². The number of thioether (sulfide) groups is 1. The molecule has 0 aliphatic heterocycles. The molecule has 4 nitrogen and oxygen atoms in total. The predicted molar refractivity (Wildman–Crippen MR) is 89.0 cm³/mol. The third-order valence-corrected chi connectivity index (χ3v) is 4.97. The Bertz CT molecular complexity index is 739. The van der Waals surface area contributed by atoms with Crippen molar-refractivity contribution in [1.29, 1.82) is 0 Å². The minimum absolute atomic E-state index is 0.705. The molecular formula is C11H8ClIN4S2. The fourth-order valence-electron chi connectivity index (χ4n) is 1.65. The summed E-state index contributed by atoms with van der Waals surface area (Å²) in [5, 5.41) is 14.4. The number of aromatic nitrogens is 4. The highest BCUT2D eigenvalue weighted by Crippen LogP contribution is 2.32. The van der Waals surface area contributed by atoms with Crippen LogP contribution in [0.15, 0.2) is 18.2 Å². The van der Waals surface area contributed by atoms with Crippen LogP contribution >= 0.6 is 57.3 Å². The molecule has 19 heavy (non-hydrogen) atoms. The van der Waals surface area contributed by atoms with Crippen molar-refractivity contribution in [2.75, 3.05) is 6.26 Å². The van der Waals surface area contributed by atoms with E-state index in [2.05, 4.69) is 37.9 Å². The zero-order chi connectivity index (χ0) is 13.4. The third-order valence-electron chi connectivity index (χ3n) is 2.49. The number of fused-ring (bicyclic) bond motifs is 1. The molecule has 0 bridgehead atoms. The molecule has 0 amide bonds. The summed E-state index contributed by atoms with van der Waals surface area (Å²) in [5.74, 6) is 1.66. The second-order valence-corrected chi connectivity index (χ2v) is 7.25. The van der Waals surface area contributed by atoms with Crippen LogP contribution in [-0.4, -0.2) is 26.1 Å². The molecule has 0 unspecified atom stereocenters. The van der Waals surface area contributed by atoms with Gasteiger partial charge in [0.1, 0.15) is 5.01 Å². The van der Waals surface area contributed by atoms with Crippen LogP contribution in [-0.2, 0) is 5.75 Å². The molecule has 2 aromatic heterocycles. The molecule has 2 heterocycles. The topological polar surface area (TPSA) is 43.1 Å². The number of halogens is 2. The van der Waals surface area contributed by atoms with Gasteiger partial charge in [-0.2, -0.15) is 21.4 Å². The van der Waals surface area contributed by atoms with E-state index in [1.807, 2.05) is 24.5 Å². The summed E-state index contributed by atoms with van der Waals surface area (Å²) in [7, 11) is 0. The quantitative estimate of drug-likeness (QED) is 0.599. The van der Waals surface area contributed by atoms with Crippen LogP contribution in [0.2, 0.25) is 5.02 Å². The van der Waals surface area contributed by atoms with Crippen LogP contribution < -0.4 is 0 Å². The lowest BCUT2D eigenvalue weighted by Gasteiger charge is -2.00. The van der Waals surface area contributed by atoms with Crippen molar-refractivity contribution >= 4 is 62.3 Å². The van der Waals surface area contributed by atoms with E-state index in [1.165, 1.54) is 11.3 Å². The monoisotopic (exact) mass is 422 g/mol. The maximum Gasteiger partial charge on any atom is 0.235 e. The van der Waals surface area contributed by atoms with Gasteiger partial charge in [-0.15, -0.1) is 10.2 Å². The first kappa shape index (κ1) is 13.6. The van der Waals surface area contributed by atoms with Crippen LogP contribution in [0.3, 0.4) is 0 Å². The molecule has 0 saturated carbocycles. The van der Waals surface area contributed by atoms with Crippen LogP contribution in [0.4, 0.5) is 0 Å². The fourth-order valence-corrected chi connectivity index (χ4v) is 3.73. The van der Waals surface area contributed by atoms with E-state index in [-0.39, 0.29) is 0 Å². The summed E-state index contributed by atoms with van der Waals surface area (Å²) in [5.41, 5.74) is 0.944. The summed E-state index contributed by atoms with van der Waals surface area (Å²) >= 11 is 11.7. The summed E-state index contributed by atoms with van der Waals surface area (Å²) in [6.45, 7) is 0.